The molecule has 0 amide bonds. The van der Waals surface area contributed by atoms with Crippen LogP contribution in [-0.4, -0.2) is 12.2 Å². The lowest BCUT2D eigenvalue weighted by atomic mass is 9.98. The van der Waals surface area contributed by atoms with Gasteiger partial charge in [-0.15, -0.1) is 5.73 Å². The van der Waals surface area contributed by atoms with Crippen LogP contribution in [0.15, 0.2) is 42.7 Å². The van der Waals surface area contributed by atoms with Gasteiger partial charge in [0.1, 0.15) is 5.75 Å². The molecule has 0 bridgehead atoms. The maximum Gasteiger partial charge on any atom is 0.118 e. The maximum atomic E-state index is 9.97. The van der Waals surface area contributed by atoms with E-state index in [4.69, 9.17) is 4.74 Å². The van der Waals surface area contributed by atoms with Gasteiger partial charge in [-0.05, 0) is 36.1 Å². The van der Waals surface area contributed by atoms with Gasteiger partial charge in [0.05, 0.1) is 13.2 Å². The average Bonchev–Trinajstić information content (AvgIpc) is 2.29. The van der Waals surface area contributed by atoms with Crippen LogP contribution < -0.4 is 4.74 Å². The van der Waals surface area contributed by atoms with Gasteiger partial charge in [0, 0.05) is 0 Å². The normalized spacial score (nSPS) is 13.7. The Labute approximate surface area is 96.9 Å². The van der Waals surface area contributed by atoms with Crippen molar-refractivity contribution in [1.29, 1.82) is 0 Å². The lowest BCUT2D eigenvalue weighted by molar-refractivity contribution is 0.155. The minimum Gasteiger partial charge on any atom is -0.497 e. The van der Waals surface area contributed by atoms with E-state index in [2.05, 4.69) is 12.3 Å². The van der Waals surface area contributed by atoms with Crippen molar-refractivity contribution in [3.8, 4) is 5.75 Å². The smallest absolute Gasteiger partial charge is 0.118 e. The number of hydrogen-bond acceptors (Lipinski definition) is 2. The summed E-state index contributed by atoms with van der Waals surface area (Å²) in [5.41, 5.74) is 3.64. The van der Waals surface area contributed by atoms with Crippen molar-refractivity contribution in [3.63, 3.8) is 0 Å². The third-order valence-corrected chi connectivity index (χ3v) is 2.50. The first-order valence-corrected chi connectivity index (χ1v) is 5.35. The monoisotopic (exact) mass is 218 g/mol. The van der Waals surface area contributed by atoms with Crippen molar-refractivity contribution >= 4 is 0 Å². The summed E-state index contributed by atoms with van der Waals surface area (Å²) in [6.07, 6.45) is 2.09. The molecule has 0 aliphatic carbocycles. The molecule has 16 heavy (non-hydrogen) atoms. The number of methoxy groups -OCH3 is 1. The summed E-state index contributed by atoms with van der Waals surface area (Å²) in [5, 5.41) is 9.97. The number of ether oxygens (including phenoxy) is 1. The van der Waals surface area contributed by atoms with E-state index in [0.29, 0.717) is 6.42 Å². The van der Waals surface area contributed by atoms with E-state index in [-0.39, 0.29) is 5.92 Å². The summed E-state index contributed by atoms with van der Waals surface area (Å²) in [4.78, 5) is 0. The molecule has 2 nitrogen and oxygen atoms in total. The average molecular weight is 218 g/mol. The van der Waals surface area contributed by atoms with Gasteiger partial charge in [0.2, 0.25) is 0 Å². The van der Waals surface area contributed by atoms with Crippen LogP contribution in [0.5, 0.6) is 5.75 Å². The summed E-state index contributed by atoms with van der Waals surface area (Å²) in [5.74, 6) is 1.07. The van der Waals surface area contributed by atoms with Crippen LogP contribution in [0.4, 0.5) is 0 Å². The van der Waals surface area contributed by atoms with Crippen LogP contribution in [-0.2, 0) is 0 Å². The molecule has 1 aromatic carbocycles. The molecule has 0 radical (unpaired) electrons. The fraction of sp³-hybridized carbons (Fsp3) is 0.357. The highest BCUT2D eigenvalue weighted by atomic mass is 16.5. The number of benzene rings is 1. The first-order chi connectivity index (χ1) is 7.67. The summed E-state index contributed by atoms with van der Waals surface area (Å²) in [7, 11) is 1.63. The van der Waals surface area contributed by atoms with E-state index in [1.807, 2.05) is 37.3 Å². The second-order valence-corrected chi connectivity index (χ2v) is 3.87. The van der Waals surface area contributed by atoms with Crippen molar-refractivity contribution < 1.29 is 9.84 Å². The second-order valence-electron chi connectivity index (χ2n) is 3.87. The van der Waals surface area contributed by atoms with Crippen molar-refractivity contribution in [2.75, 3.05) is 7.11 Å². The molecule has 0 saturated heterocycles. The molecule has 0 fully saturated rings. The standard InChI is InChI=1S/C14H18O2/c1-4-5-11(2)10-14(15)12-6-8-13(16-3)9-7-12/h5-9,11,14-15H,1,10H2,2-3H3. The SMILES string of the molecule is C=C=CC(C)CC(O)c1ccc(OC)cc1. The molecule has 86 valence electrons. The van der Waals surface area contributed by atoms with Gasteiger partial charge in [-0.1, -0.05) is 25.6 Å². The Morgan fingerprint density at radius 1 is 1.44 bits per heavy atom. The number of aliphatic hydroxyl groups excluding tert-OH is 1. The molecule has 1 rings (SSSR count). The Kier molecular flexibility index (Phi) is 4.84. The van der Waals surface area contributed by atoms with E-state index in [0.717, 1.165) is 11.3 Å². The van der Waals surface area contributed by atoms with Crippen LogP contribution in [0.2, 0.25) is 0 Å². The topological polar surface area (TPSA) is 29.5 Å². The third kappa shape index (κ3) is 3.58. The van der Waals surface area contributed by atoms with Gasteiger partial charge < -0.3 is 9.84 Å². The predicted octanol–water partition coefficient (Wildman–Crippen LogP) is 3.10. The minimum absolute atomic E-state index is 0.273. The lowest BCUT2D eigenvalue weighted by Crippen LogP contribution is -2.02. The Balaban J connectivity index is 2.65. The highest BCUT2D eigenvalue weighted by Gasteiger charge is 2.10. The summed E-state index contributed by atoms with van der Waals surface area (Å²) in [6, 6.07) is 7.47. The summed E-state index contributed by atoms with van der Waals surface area (Å²) >= 11 is 0. The van der Waals surface area contributed by atoms with Crippen LogP contribution in [0.3, 0.4) is 0 Å². The number of aliphatic hydroxyl groups is 1. The van der Waals surface area contributed by atoms with E-state index in [9.17, 15) is 5.11 Å². The molecule has 2 atom stereocenters. The first-order valence-electron chi connectivity index (χ1n) is 5.35. The quantitative estimate of drug-likeness (QED) is 0.769. The molecule has 2 unspecified atom stereocenters. The summed E-state index contributed by atoms with van der Waals surface area (Å²) in [6.45, 7) is 5.56. The molecule has 0 saturated carbocycles. The van der Waals surface area contributed by atoms with Crippen LogP contribution >= 0.6 is 0 Å². The van der Waals surface area contributed by atoms with Crippen LogP contribution in [0, 0.1) is 5.92 Å². The number of hydrogen-bond donors (Lipinski definition) is 1. The zero-order valence-corrected chi connectivity index (χ0v) is 9.81. The molecular weight excluding hydrogens is 200 g/mol. The lowest BCUT2D eigenvalue weighted by Gasteiger charge is -2.13. The minimum atomic E-state index is -0.453. The fourth-order valence-electron chi connectivity index (χ4n) is 1.58. The van der Waals surface area contributed by atoms with Gasteiger partial charge in [0.15, 0.2) is 0 Å². The zero-order chi connectivity index (χ0) is 12.0. The van der Waals surface area contributed by atoms with E-state index in [1.54, 1.807) is 7.11 Å². The van der Waals surface area contributed by atoms with Crippen molar-refractivity contribution in [3.05, 3.63) is 48.2 Å². The predicted molar refractivity (Wildman–Crippen MR) is 65.4 cm³/mol. The molecule has 0 aliphatic heterocycles. The van der Waals surface area contributed by atoms with Gasteiger partial charge in [0.25, 0.3) is 0 Å². The van der Waals surface area contributed by atoms with Gasteiger partial charge in [-0.3, -0.25) is 0 Å². The number of rotatable bonds is 5. The van der Waals surface area contributed by atoms with Gasteiger partial charge >= 0.3 is 0 Å². The molecule has 2 heteroatoms. The fourth-order valence-corrected chi connectivity index (χ4v) is 1.58. The third-order valence-electron chi connectivity index (χ3n) is 2.50. The van der Waals surface area contributed by atoms with Crippen molar-refractivity contribution in [2.24, 2.45) is 5.92 Å². The maximum absolute atomic E-state index is 9.97. The van der Waals surface area contributed by atoms with Crippen LogP contribution in [0.25, 0.3) is 0 Å². The van der Waals surface area contributed by atoms with Gasteiger partial charge in [-0.25, -0.2) is 0 Å². The highest BCUT2D eigenvalue weighted by Crippen LogP contribution is 2.23. The van der Waals surface area contributed by atoms with Crippen LogP contribution in [0.1, 0.15) is 25.0 Å². The molecule has 0 aromatic heterocycles. The Morgan fingerprint density at radius 2 is 2.06 bits per heavy atom. The molecule has 0 aliphatic rings. The van der Waals surface area contributed by atoms with E-state index < -0.39 is 6.10 Å². The van der Waals surface area contributed by atoms with Crippen molar-refractivity contribution in [1.82, 2.24) is 0 Å². The number of allylic oxidation sites excluding steroid dienone is 1. The zero-order valence-electron chi connectivity index (χ0n) is 9.81. The van der Waals surface area contributed by atoms with Crippen molar-refractivity contribution in [2.45, 2.75) is 19.4 Å². The molecular formula is C14H18O2. The largest absolute Gasteiger partial charge is 0.497 e. The Morgan fingerprint density at radius 3 is 2.56 bits per heavy atom. The molecule has 1 aromatic rings. The molecule has 0 spiro atoms. The summed E-state index contributed by atoms with van der Waals surface area (Å²) < 4.78 is 5.06. The molecule has 1 N–H and O–H groups in total. The Bertz CT molecular complexity index is 361. The van der Waals surface area contributed by atoms with E-state index >= 15 is 0 Å². The van der Waals surface area contributed by atoms with Gasteiger partial charge in [-0.2, -0.15) is 0 Å². The highest BCUT2D eigenvalue weighted by molar-refractivity contribution is 5.28. The Hall–Kier alpha value is -1.50. The first kappa shape index (κ1) is 12.6. The molecule has 0 heterocycles. The van der Waals surface area contributed by atoms with E-state index in [1.165, 1.54) is 0 Å². The second kappa shape index (κ2) is 6.16.